The average Bonchev–Trinajstić information content (AvgIpc) is 3.55. The zero-order valence-electron chi connectivity index (χ0n) is 24.8. The molecule has 0 fully saturated rings. The number of anilines is 2. The zero-order chi connectivity index (χ0) is 32.7. The summed E-state index contributed by atoms with van der Waals surface area (Å²) < 4.78 is 56.5. The Hall–Kier alpha value is -5.11. The van der Waals surface area contributed by atoms with Crippen LogP contribution in [-0.2, 0) is 18.0 Å². The fourth-order valence-electron chi connectivity index (χ4n) is 4.61. The second-order valence-electron chi connectivity index (χ2n) is 10.8. The average molecular weight is 641 g/mol. The normalized spacial score (nSPS) is 11.8. The van der Waals surface area contributed by atoms with Crippen LogP contribution in [0.25, 0.3) is 27.8 Å². The molecule has 0 aliphatic rings. The summed E-state index contributed by atoms with van der Waals surface area (Å²) in [6, 6.07) is 9.26. The van der Waals surface area contributed by atoms with E-state index in [0.29, 0.717) is 32.8 Å². The number of alkyl halides is 3. The van der Waals surface area contributed by atoms with Crippen molar-refractivity contribution in [1.82, 2.24) is 29.5 Å². The van der Waals surface area contributed by atoms with Gasteiger partial charge in [0.15, 0.2) is 11.6 Å². The van der Waals surface area contributed by atoms with E-state index in [2.05, 4.69) is 37.4 Å². The van der Waals surface area contributed by atoms with Crippen molar-refractivity contribution in [3.05, 3.63) is 83.7 Å². The first-order chi connectivity index (χ1) is 21.2. The molecule has 0 radical (unpaired) electrons. The third kappa shape index (κ3) is 6.55. The molecule has 1 aromatic carbocycles. The van der Waals surface area contributed by atoms with Crippen LogP contribution in [0.3, 0.4) is 0 Å². The van der Waals surface area contributed by atoms with Gasteiger partial charge in [-0.2, -0.15) is 23.4 Å². The van der Waals surface area contributed by atoms with Crippen molar-refractivity contribution in [2.75, 3.05) is 17.7 Å². The molecule has 0 bridgehead atoms. The van der Waals surface area contributed by atoms with Gasteiger partial charge in [0.25, 0.3) is 5.91 Å². The Bertz CT molecular complexity index is 1930. The molecule has 0 aliphatic heterocycles. The second-order valence-corrected chi connectivity index (χ2v) is 11.2. The van der Waals surface area contributed by atoms with E-state index in [9.17, 15) is 18.0 Å². The van der Waals surface area contributed by atoms with Crippen molar-refractivity contribution in [2.24, 2.45) is 7.05 Å². The summed E-state index contributed by atoms with van der Waals surface area (Å²) in [6.07, 6.45) is -1.39. The molecule has 15 heteroatoms. The van der Waals surface area contributed by atoms with Crippen molar-refractivity contribution in [3.63, 3.8) is 0 Å². The molecule has 0 saturated carbocycles. The van der Waals surface area contributed by atoms with Gasteiger partial charge in [-0.25, -0.2) is 9.67 Å². The van der Waals surface area contributed by atoms with Gasteiger partial charge in [0.2, 0.25) is 5.88 Å². The minimum atomic E-state index is -4.93. The predicted octanol–water partition coefficient (Wildman–Crippen LogP) is 6.85. The number of aryl methyl sites for hydroxylation is 1. The number of carbonyl (C=O) groups is 1. The molecule has 5 rings (SSSR count). The number of hydrogen-bond acceptors (Lipinski definition) is 8. The molecule has 4 aromatic heterocycles. The highest BCUT2D eigenvalue weighted by Crippen LogP contribution is 2.37. The van der Waals surface area contributed by atoms with Gasteiger partial charge in [0.05, 0.1) is 41.5 Å². The first-order valence-corrected chi connectivity index (χ1v) is 13.8. The summed E-state index contributed by atoms with van der Waals surface area (Å²) in [6.45, 7) is 9.51. The van der Waals surface area contributed by atoms with E-state index in [-0.39, 0.29) is 28.0 Å². The van der Waals surface area contributed by atoms with E-state index in [0.717, 1.165) is 6.20 Å². The molecule has 5 aromatic rings. The molecule has 0 atom stereocenters. The van der Waals surface area contributed by atoms with Crippen LogP contribution in [0, 0.1) is 0 Å². The van der Waals surface area contributed by atoms with Crippen molar-refractivity contribution in [1.29, 1.82) is 0 Å². The molecule has 234 valence electrons. The first-order valence-electron chi connectivity index (χ1n) is 13.4. The van der Waals surface area contributed by atoms with E-state index in [4.69, 9.17) is 21.1 Å². The molecule has 0 aliphatic carbocycles. The third-order valence-electron chi connectivity index (χ3n) is 6.37. The van der Waals surface area contributed by atoms with Crippen molar-refractivity contribution < 1.29 is 27.4 Å². The summed E-state index contributed by atoms with van der Waals surface area (Å²) in [5.74, 6) is 0.0411. The Kier molecular flexibility index (Phi) is 8.19. The molecular weight excluding hydrogens is 613 g/mol. The molecule has 0 unspecified atom stereocenters. The van der Waals surface area contributed by atoms with Crippen LogP contribution in [0.2, 0.25) is 5.02 Å². The summed E-state index contributed by atoms with van der Waals surface area (Å²) in [7, 11) is 3.11. The van der Waals surface area contributed by atoms with Gasteiger partial charge < -0.3 is 20.1 Å². The fraction of sp³-hybridized carbons (Fsp3) is 0.233. The minimum Gasteiger partial charge on any atom is -0.481 e. The van der Waals surface area contributed by atoms with Crippen LogP contribution < -0.4 is 15.4 Å². The highest BCUT2D eigenvalue weighted by Gasteiger charge is 2.41. The van der Waals surface area contributed by atoms with Crippen LogP contribution >= 0.6 is 11.6 Å². The largest absolute Gasteiger partial charge is 0.481 e. The molecule has 45 heavy (non-hydrogen) atoms. The lowest BCUT2D eigenvalue weighted by atomic mass is 10.1. The quantitative estimate of drug-likeness (QED) is 0.177. The Balaban J connectivity index is 1.42. The Labute approximate surface area is 260 Å². The number of rotatable bonds is 8. The third-order valence-corrected chi connectivity index (χ3v) is 6.66. The lowest BCUT2D eigenvalue weighted by molar-refractivity contribution is -0.143. The monoisotopic (exact) mass is 640 g/mol. The number of benzene rings is 1. The van der Waals surface area contributed by atoms with Crippen LogP contribution in [0.1, 0.15) is 36.8 Å². The number of methoxy groups -OCH3 is 1. The maximum Gasteiger partial charge on any atom is 0.434 e. The predicted molar refractivity (Wildman–Crippen MR) is 163 cm³/mol. The number of hydrogen-bond donors (Lipinski definition) is 2. The number of halogens is 4. The standard InChI is InChI=1S/C30H28ClF3N8O3/c1-16(45-29(2,3)4)38-24-13-22(40-41(24)5)25-21(31)12-17(14-36-25)39-27(43)20-15-37-42(26(20)30(32,33)34)23-9-7-8-19-18(23)10-11-35-28(19)44-6/h7-15,38H,1H2,2-6H3,(H,39,43). The van der Waals surface area contributed by atoms with Gasteiger partial charge in [0, 0.05) is 30.1 Å². The Morgan fingerprint density at radius 3 is 2.47 bits per heavy atom. The van der Waals surface area contributed by atoms with E-state index >= 15 is 0 Å². The number of nitrogens with zero attached hydrogens (tertiary/aromatic N) is 6. The molecule has 1 amide bonds. The van der Waals surface area contributed by atoms with E-state index in [1.165, 1.54) is 31.6 Å². The van der Waals surface area contributed by atoms with Crippen molar-refractivity contribution >= 4 is 39.8 Å². The van der Waals surface area contributed by atoms with E-state index < -0.39 is 28.9 Å². The van der Waals surface area contributed by atoms with Crippen molar-refractivity contribution in [3.8, 4) is 23.0 Å². The lowest BCUT2D eigenvalue weighted by Crippen LogP contribution is -2.21. The summed E-state index contributed by atoms with van der Waals surface area (Å²) >= 11 is 6.48. The number of carbonyl (C=O) groups excluding carboxylic acids is 1. The number of ether oxygens (including phenoxy) is 2. The number of amides is 1. The van der Waals surface area contributed by atoms with E-state index in [1.807, 2.05) is 20.8 Å². The summed E-state index contributed by atoms with van der Waals surface area (Å²) in [5, 5.41) is 14.8. The Morgan fingerprint density at radius 1 is 1.04 bits per heavy atom. The molecule has 2 N–H and O–H groups in total. The number of aromatic nitrogens is 6. The van der Waals surface area contributed by atoms with Gasteiger partial charge in [-0.05, 0) is 51.6 Å². The van der Waals surface area contributed by atoms with Crippen LogP contribution in [0.5, 0.6) is 5.88 Å². The van der Waals surface area contributed by atoms with E-state index in [1.54, 1.807) is 36.0 Å². The maximum atomic E-state index is 14.4. The summed E-state index contributed by atoms with van der Waals surface area (Å²) in [5.41, 5.74) is -1.58. The summed E-state index contributed by atoms with van der Waals surface area (Å²) in [4.78, 5) is 21.6. The highest BCUT2D eigenvalue weighted by molar-refractivity contribution is 6.33. The molecule has 4 heterocycles. The first kappa shape index (κ1) is 31.3. The SMILES string of the molecule is C=C(Nc1cc(-c2ncc(NC(=O)c3cnn(-c4cccc5c(OC)nccc45)c3C(F)(F)F)cc2Cl)nn1C)OC(C)(C)C. The lowest BCUT2D eigenvalue weighted by Gasteiger charge is -2.23. The topological polar surface area (TPSA) is 121 Å². The molecule has 0 saturated heterocycles. The molecular formula is C30H28ClF3N8O3. The molecule has 0 spiro atoms. The fourth-order valence-corrected chi connectivity index (χ4v) is 4.88. The van der Waals surface area contributed by atoms with Crippen LogP contribution in [-0.4, -0.2) is 48.1 Å². The Morgan fingerprint density at radius 2 is 1.80 bits per heavy atom. The number of fused-ring (bicyclic) bond motifs is 1. The van der Waals surface area contributed by atoms with Gasteiger partial charge >= 0.3 is 6.18 Å². The molecule has 11 nitrogen and oxygen atoms in total. The number of pyridine rings is 2. The maximum absolute atomic E-state index is 14.4. The smallest absolute Gasteiger partial charge is 0.434 e. The highest BCUT2D eigenvalue weighted by atomic mass is 35.5. The minimum absolute atomic E-state index is 0.0665. The van der Waals surface area contributed by atoms with Crippen LogP contribution in [0.15, 0.2) is 67.5 Å². The zero-order valence-corrected chi connectivity index (χ0v) is 25.6. The van der Waals surface area contributed by atoms with Gasteiger partial charge in [-0.1, -0.05) is 17.7 Å². The van der Waals surface area contributed by atoms with Gasteiger partial charge in [-0.15, -0.1) is 0 Å². The van der Waals surface area contributed by atoms with Gasteiger partial charge in [-0.3, -0.25) is 14.5 Å². The second kappa shape index (κ2) is 11.8. The number of nitrogens with one attached hydrogen (secondary N) is 2. The van der Waals surface area contributed by atoms with Crippen molar-refractivity contribution in [2.45, 2.75) is 32.5 Å². The van der Waals surface area contributed by atoms with Gasteiger partial charge in [0.1, 0.15) is 22.8 Å². The van der Waals surface area contributed by atoms with Crippen LogP contribution in [0.4, 0.5) is 24.7 Å².